The Morgan fingerprint density at radius 2 is 0.627 bits per heavy atom. The summed E-state index contributed by atoms with van der Waals surface area (Å²) in [6.07, 6.45) is 53.4. The lowest BCUT2D eigenvalue weighted by molar-refractivity contribution is -0.123. The van der Waals surface area contributed by atoms with Crippen molar-refractivity contribution in [2.24, 2.45) is 0 Å². The molecule has 0 aromatic rings. The molecule has 0 radical (unpaired) electrons. The van der Waals surface area contributed by atoms with Gasteiger partial charge in [0.05, 0.1) is 18.8 Å². The highest BCUT2D eigenvalue weighted by Crippen LogP contribution is 2.17. The van der Waals surface area contributed by atoms with E-state index in [2.05, 4.69) is 19.2 Å². The first-order valence-corrected chi connectivity index (χ1v) is 23.7. The fourth-order valence-electron chi connectivity index (χ4n) is 7.72. The normalized spacial score (nSPS) is 12.8. The number of rotatable bonds is 44. The standard InChI is InChI=1S/C47H95NO3/c1-3-5-7-9-11-13-15-17-19-21-22-23-24-25-26-27-29-31-33-35-37-39-41-43-47(51)48-45(44-49)46(50)42-40-38-36-34-32-30-28-20-18-16-14-12-10-8-6-4-2/h45-46,49-50H,3-44H2,1-2H3,(H,48,51). The molecule has 0 saturated heterocycles. The topological polar surface area (TPSA) is 69.6 Å². The van der Waals surface area contributed by atoms with Crippen LogP contribution in [-0.4, -0.2) is 34.9 Å². The predicted octanol–water partition coefficient (Wildman–Crippen LogP) is 14.9. The van der Waals surface area contributed by atoms with Crippen molar-refractivity contribution in [1.82, 2.24) is 5.32 Å². The first-order chi connectivity index (χ1) is 25.2. The third-order valence-corrected chi connectivity index (χ3v) is 11.4. The fraction of sp³-hybridized carbons (Fsp3) is 0.979. The van der Waals surface area contributed by atoms with Crippen LogP contribution in [0.1, 0.15) is 277 Å². The summed E-state index contributed by atoms with van der Waals surface area (Å²) in [6.45, 7) is 4.39. The van der Waals surface area contributed by atoms with Crippen molar-refractivity contribution in [1.29, 1.82) is 0 Å². The molecule has 0 saturated carbocycles. The summed E-state index contributed by atoms with van der Waals surface area (Å²) in [4.78, 5) is 12.4. The van der Waals surface area contributed by atoms with Crippen LogP contribution in [0.15, 0.2) is 0 Å². The van der Waals surface area contributed by atoms with Gasteiger partial charge < -0.3 is 15.5 Å². The second-order valence-electron chi connectivity index (χ2n) is 16.5. The van der Waals surface area contributed by atoms with E-state index < -0.39 is 12.1 Å². The van der Waals surface area contributed by atoms with Gasteiger partial charge in [0.15, 0.2) is 0 Å². The van der Waals surface area contributed by atoms with E-state index in [9.17, 15) is 15.0 Å². The third-order valence-electron chi connectivity index (χ3n) is 11.4. The zero-order valence-electron chi connectivity index (χ0n) is 35.2. The van der Waals surface area contributed by atoms with Gasteiger partial charge in [0.25, 0.3) is 0 Å². The maximum absolute atomic E-state index is 12.4. The fourth-order valence-corrected chi connectivity index (χ4v) is 7.72. The molecular formula is C47H95NO3. The molecule has 3 N–H and O–H groups in total. The molecule has 0 aromatic heterocycles. The minimum absolute atomic E-state index is 0.0245. The van der Waals surface area contributed by atoms with Crippen LogP contribution in [0.5, 0.6) is 0 Å². The van der Waals surface area contributed by atoms with Crippen molar-refractivity contribution in [3.63, 3.8) is 0 Å². The zero-order chi connectivity index (χ0) is 37.1. The van der Waals surface area contributed by atoms with E-state index in [1.807, 2.05) is 0 Å². The minimum atomic E-state index is -0.653. The van der Waals surface area contributed by atoms with Gasteiger partial charge in [-0.05, 0) is 12.8 Å². The molecule has 0 spiro atoms. The van der Waals surface area contributed by atoms with Gasteiger partial charge in [0.1, 0.15) is 0 Å². The van der Waals surface area contributed by atoms with Crippen molar-refractivity contribution >= 4 is 5.91 Å². The van der Waals surface area contributed by atoms with E-state index in [0.717, 1.165) is 25.7 Å². The van der Waals surface area contributed by atoms with Crippen molar-refractivity contribution in [2.75, 3.05) is 6.61 Å². The van der Waals surface area contributed by atoms with E-state index in [1.165, 1.54) is 225 Å². The Labute approximate surface area is 321 Å². The summed E-state index contributed by atoms with van der Waals surface area (Å²) >= 11 is 0. The van der Waals surface area contributed by atoms with Crippen LogP contribution in [0, 0.1) is 0 Å². The van der Waals surface area contributed by atoms with Crippen LogP contribution in [-0.2, 0) is 4.79 Å². The molecule has 0 rings (SSSR count). The van der Waals surface area contributed by atoms with Gasteiger partial charge in [-0.1, -0.05) is 258 Å². The molecular weight excluding hydrogens is 627 g/mol. The molecule has 4 nitrogen and oxygen atoms in total. The highest BCUT2D eigenvalue weighted by Gasteiger charge is 2.20. The lowest BCUT2D eigenvalue weighted by Gasteiger charge is -2.22. The summed E-state index contributed by atoms with van der Waals surface area (Å²) in [5.41, 5.74) is 0. The lowest BCUT2D eigenvalue weighted by atomic mass is 10.0. The van der Waals surface area contributed by atoms with Gasteiger partial charge in [-0.3, -0.25) is 4.79 Å². The second kappa shape index (κ2) is 43.8. The van der Waals surface area contributed by atoms with Crippen molar-refractivity contribution in [3.8, 4) is 0 Å². The summed E-state index contributed by atoms with van der Waals surface area (Å²) in [5, 5.41) is 23.2. The summed E-state index contributed by atoms with van der Waals surface area (Å²) in [7, 11) is 0. The van der Waals surface area contributed by atoms with Crippen LogP contribution in [0.4, 0.5) is 0 Å². The Morgan fingerprint density at radius 3 is 0.882 bits per heavy atom. The predicted molar refractivity (Wildman–Crippen MR) is 226 cm³/mol. The smallest absolute Gasteiger partial charge is 0.220 e. The molecule has 4 heteroatoms. The number of aliphatic hydroxyl groups excluding tert-OH is 2. The van der Waals surface area contributed by atoms with Gasteiger partial charge in [-0.2, -0.15) is 0 Å². The number of hydrogen-bond donors (Lipinski definition) is 3. The molecule has 306 valence electrons. The van der Waals surface area contributed by atoms with Crippen molar-refractivity contribution in [3.05, 3.63) is 0 Å². The maximum Gasteiger partial charge on any atom is 0.220 e. The largest absolute Gasteiger partial charge is 0.394 e. The van der Waals surface area contributed by atoms with Gasteiger partial charge in [0.2, 0.25) is 5.91 Å². The number of amides is 1. The highest BCUT2D eigenvalue weighted by atomic mass is 16.3. The van der Waals surface area contributed by atoms with E-state index >= 15 is 0 Å². The van der Waals surface area contributed by atoms with E-state index in [1.54, 1.807) is 0 Å². The number of carbonyl (C=O) groups excluding carboxylic acids is 1. The molecule has 2 unspecified atom stereocenters. The molecule has 0 heterocycles. The molecule has 1 amide bonds. The SMILES string of the molecule is CCCCCCCCCCCCCCCCCCCCCCCCCC(=O)NC(CO)C(O)CCCCCCCCCCCCCCCCCC. The quantitative estimate of drug-likeness (QED) is 0.0549. The van der Waals surface area contributed by atoms with Crippen LogP contribution >= 0.6 is 0 Å². The number of carbonyl (C=O) groups is 1. The maximum atomic E-state index is 12.4. The van der Waals surface area contributed by atoms with E-state index in [4.69, 9.17) is 0 Å². The summed E-state index contributed by atoms with van der Waals surface area (Å²) in [6, 6.07) is -0.529. The molecule has 0 bridgehead atoms. The molecule has 0 fully saturated rings. The number of hydrogen-bond acceptors (Lipinski definition) is 3. The second-order valence-corrected chi connectivity index (χ2v) is 16.5. The first-order valence-electron chi connectivity index (χ1n) is 23.7. The molecule has 51 heavy (non-hydrogen) atoms. The van der Waals surface area contributed by atoms with Crippen molar-refractivity contribution < 1.29 is 15.0 Å². The third kappa shape index (κ3) is 40.4. The number of unbranched alkanes of at least 4 members (excludes halogenated alkanes) is 37. The summed E-state index contributed by atoms with van der Waals surface area (Å²) < 4.78 is 0. The van der Waals surface area contributed by atoms with Gasteiger partial charge in [-0.15, -0.1) is 0 Å². The molecule has 0 aliphatic rings. The molecule has 0 aliphatic carbocycles. The van der Waals surface area contributed by atoms with Gasteiger partial charge in [-0.25, -0.2) is 0 Å². The Hall–Kier alpha value is -0.610. The Morgan fingerprint density at radius 1 is 0.392 bits per heavy atom. The number of nitrogens with one attached hydrogen (secondary N) is 1. The Kier molecular flexibility index (Phi) is 43.3. The van der Waals surface area contributed by atoms with Crippen LogP contribution in [0.2, 0.25) is 0 Å². The molecule has 2 atom stereocenters. The van der Waals surface area contributed by atoms with Gasteiger partial charge in [0, 0.05) is 6.42 Å². The highest BCUT2D eigenvalue weighted by molar-refractivity contribution is 5.76. The Bertz CT molecular complexity index is 655. The van der Waals surface area contributed by atoms with Crippen LogP contribution in [0.3, 0.4) is 0 Å². The summed E-state index contributed by atoms with van der Waals surface area (Å²) in [5.74, 6) is -0.0245. The molecule has 0 aromatic carbocycles. The van der Waals surface area contributed by atoms with Gasteiger partial charge >= 0.3 is 0 Å². The monoisotopic (exact) mass is 722 g/mol. The van der Waals surface area contributed by atoms with E-state index in [0.29, 0.717) is 12.8 Å². The average Bonchev–Trinajstić information content (AvgIpc) is 3.13. The number of aliphatic hydroxyl groups is 2. The first kappa shape index (κ1) is 50.4. The lowest BCUT2D eigenvalue weighted by Crippen LogP contribution is -2.45. The van der Waals surface area contributed by atoms with Crippen LogP contribution < -0.4 is 5.32 Å². The minimum Gasteiger partial charge on any atom is -0.394 e. The van der Waals surface area contributed by atoms with Crippen LogP contribution in [0.25, 0.3) is 0 Å². The average molecular weight is 722 g/mol. The Balaban J connectivity index is 3.43. The molecule has 0 aliphatic heterocycles. The zero-order valence-corrected chi connectivity index (χ0v) is 35.2. The van der Waals surface area contributed by atoms with Crippen molar-refractivity contribution in [2.45, 2.75) is 289 Å². The van der Waals surface area contributed by atoms with E-state index in [-0.39, 0.29) is 12.5 Å².